The van der Waals surface area contributed by atoms with Gasteiger partial charge in [-0.05, 0) is 18.2 Å². The van der Waals surface area contributed by atoms with Gasteiger partial charge in [-0.3, -0.25) is 0 Å². The number of nitrogens with zero attached hydrogens (tertiary/aromatic N) is 9. The number of aryl methyl sites for hydroxylation is 1. The molecule has 5 rings (SSSR count). The zero-order chi connectivity index (χ0) is 27.1. The van der Waals surface area contributed by atoms with Crippen LogP contribution in [0.15, 0.2) is 43.1 Å². The van der Waals surface area contributed by atoms with Gasteiger partial charge in [0.05, 0.1) is 22.6 Å². The minimum absolute atomic E-state index is 0.0556. The maximum atomic E-state index is 15.8. The van der Waals surface area contributed by atoms with Crippen LogP contribution in [0.5, 0.6) is 0 Å². The van der Waals surface area contributed by atoms with Gasteiger partial charge in [0.15, 0.2) is 11.5 Å². The van der Waals surface area contributed by atoms with E-state index in [4.69, 9.17) is 0 Å². The van der Waals surface area contributed by atoms with Crippen LogP contribution < -0.4 is 4.90 Å². The number of rotatable bonds is 4. The fourth-order valence-corrected chi connectivity index (χ4v) is 4.41. The van der Waals surface area contributed by atoms with E-state index < -0.39 is 23.6 Å². The second-order valence-corrected chi connectivity index (χ2v) is 8.74. The molecule has 0 N–H and O–H groups in total. The molecule has 5 heterocycles. The van der Waals surface area contributed by atoms with Gasteiger partial charge in [-0.1, -0.05) is 0 Å². The molecular weight excluding hydrogens is 509 g/mol. The predicted octanol–water partition coefficient (Wildman–Crippen LogP) is 4.22. The van der Waals surface area contributed by atoms with Crippen LogP contribution in [-0.4, -0.2) is 47.8 Å². The van der Waals surface area contributed by atoms with Gasteiger partial charge in [-0.2, -0.15) is 22.8 Å². The minimum Gasteiger partial charge on any atom is -0.368 e. The maximum Gasteiger partial charge on any atom is 0.451 e. The van der Waals surface area contributed by atoms with E-state index in [9.17, 15) is 22.8 Å². The second-order valence-electron chi connectivity index (χ2n) is 8.74. The standard InChI is InChI=1S/C24H18F5N9/c1-37-13-34-36-22(37)23(26)4-6-38(7-5-23)20-15(9-30)8-17(16-11-32-21(33-12-16)24(27,28)29)35-19(20)14-2-3-18(25)31-10-14/h2-3,8,10-13H,4-7H2,1H3. The first-order valence-electron chi connectivity index (χ1n) is 11.3. The van der Waals surface area contributed by atoms with Gasteiger partial charge in [0.25, 0.3) is 0 Å². The van der Waals surface area contributed by atoms with Crippen molar-refractivity contribution in [2.75, 3.05) is 18.0 Å². The lowest BCUT2D eigenvalue weighted by Crippen LogP contribution is -2.42. The van der Waals surface area contributed by atoms with Gasteiger partial charge in [0.1, 0.15) is 12.4 Å². The fourth-order valence-electron chi connectivity index (χ4n) is 4.41. The minimum atomic E-state index is -4.72. The normalized spacial score (nSPS) is 15.3. The van der Waals surface area contributed by atoms with Gasteiger partial charge in [-0.15, -0.1) is 10.2 Å². The van der Waals surface area contributed by atoms with E-state index >= 15 is 4.39 Å². The number of anilines is 1. The number of hydrogen-bond acceptors (Lipinski definition) is 8. The summed E-state index contributed by atoms with van der Waals surface area (Å²) in [5.41, 5.74) is -0.349. The summed E-state index contributed by atoms with van der Waals surface area (Å²) in [4.78, 5) is 16.8. The zero-order valence-electron chi connectivity index (χ0n) is 19.8. The summed E-state index contributed by atoms with van der Waals surface area (Å²) in [6, 6.07) is 6.05. The second kappa shape index (κ2) is 9.40. The van der Waals surface area contributed by atoms with Crippen molar-refractivity contribution in [2.24, 2.45) is 7.05 Å². The van der Waals surface area contributed by atoms with Crippen LogP contribution in [0.4, 0.5) is 27.6 Å². The topological polar surface area (TPSA) is 109 Å². The molecule has 9 nitrogen and oxygen atoms in total. The van der Waals surface area contributed by atoms with Crippen molar-refractivity contribution in [2.45, 2.75) is 24.7 Å². The molecule has 1 saturated heterocycles. The highest BCUT2D eigenvalue weighted by atomic mass is 19.4. The highest BCUT2D eigenvalue weighted by Gasteiger charge is 2.41. The Morgan fingerprint density at radius 1 is 1.03 bits per heavy atom. The molecule has 0 bridgehead atoms. The molecule has 0 aliphatic carbocycles. The van der Waals surface area contributed by atoms with E-state index in [-0.39, 0.29) is 54.3 Å². The summed E-state index contributed by atoms with van der Waals surface area (Å²) in [5, 5.41) is 17.7. The number of aromatic nitrogens is 7. The quantitative estimate of drug-likeness (QED) is 0.287. The van der Waals surface area contributed by atoms with Crippen molar-refractivity contribution in [3.63, 3.8) is 0 Å². The van der Waals surface area contributed by atoms with E-state index in [0.29, 0.717) is 11.3 Å². The molecule has 38 heavy (non-hydrogen) atoms. The molecule has 0 unspecified atom stereocenters. The Morgan fingerprint density at radius 3 is 2.26 bits per heavy atom. The number of pyridine rings is 2. The van der Waals surface area contributed by atoms with E-state index in [1.165, 1.54) is 29.2 Å². The fraction of sp³-hybridized carbons (Fsp3) is 0.292. The third-order valence-corrected chi connectivity index (χ3v) is 6.30. The molecule has 14 heteroatoms. The third kappa shape index (κ3) is 4.62. The van der Waals surface area contributed by atoms with E-state index in [0.717, 1.165) is 18.5 Å². The van der Waals surface area contributed by atoms with Gasteiger partial charge in [-0.25, -0.2) is 24.3 Å². The molecule has 1 aliphatic rings. The summed E-state index contributed by atoms with van der Waals surface area (Å²) in [5.74, 6) is -1.84. The smallest absolute Gasteiger partial charge is 0.368 e. The molecular formula is C24H18F5N9. The maximum absolute atomic E-state index is 15.8. The number of hydrogen-bond donors (Lipinski definition) is 0. The Balaban J connectivity index is 1.57. The van der Waals surface area contributed by atoms with Crippen LogP contribution in [0.25, 0.3) is 22.5 Å². The van der Waals surface area contributed by atoms with Crippen LogP contribution in [0.2, 0.25) is 0 Å². The van der Waals surface area contributed by atoms with Crippen LogP contribution in [0.1, 0.15) is 30.1 Å². The highest BCUT2D eigenvalue weighted by Crippen LogP contribution is 2.41. The molecule has 0 saturated carbocycles. The Bertz CT molecular complexity index is 1500. The Kier molecular flexibility index (Phi) is 6.22. The lowest BCUT2D eigenvalue weighted by atomic mass is 9.91. The van der Waals surface area contributed by atoms with Crippen molar-refractivity contribution in [3.8, 4) is 28.6 Å². The van der Waals surface area contributed by atoms with Gasteiger partial charge in [0, 0.05) is 62.7 Å². The highest BCUT2D eigenvalue weighted by molar-refractivity contribution is 5.82. The van der Waals surface area contributed by atoms with Gasteiger partial charge in [0.2, 0.25) is 11.8 Å². The van der Waals surface area contributed by atoms with Crippen molar-refractivity contribution in [3.05, 3.63) is 66.3 Å². The number of nitriles is 1. The van der Waals surface area contributed by atoms with Crippen LogP contribution in [0, 0.1) is 17.3 Å². The van der Waals surface area contributed by atoms with Crippen molar-refractivity contribution < 1.29 is 22.0 Å². The molecule has 0 aromatic carbocycles. The summed E-state index contributed by atoms with van der Waals surface area (Å²) < 4.78 is 69.6. The van der Waals surface area contributed by atoms with Crippen molar-refractivity contribution in [1.29, 1.82) is 5.26 Å². The molecule has 4 aromatic heterocycles. The molecule has 0 atom stereocenters. The SMILES string of the molecule is Cn1cnnc1C1(F)CCN(c2c(C#N)cc(-c3cnc(C(F)(F)F)nc3)nc2-c2ccc(F)nc2)CC1. The van der Waals surface area contributed by atoms with E-state index in [1.54, 1.807) is 11.9 Å². The first kappa shape index (κ1) is 25.1. The summed E-state index contributed by atoms with van der Waals surface area (Å²) >= 11 is 0. The lowest BCUT2D eigenvalue weighted by Gasteiger charge is -2.38. The predicted molar refractivity (Wildman–Crippen MR) is 123 cm³/mol. The molecule has 1 aliphatic heterocycles. The molecule has 0 radical (unpaired) electrons. The lowest BCUT2D eigenvalue weighted by molar-refractivity contribution is -0.144. The molecule has 0 amide bonds. The largest absolute Gasteiger partial charge is 0.451 e. The van der Waals surface area contributed by atoms with Crippen molar-refractivity contribution >= 4 is 5.69 Å². The average molecular weight is 527 g/mol. The van der Waals surface area contributed by atoms with Crippen LogP contribution in [0.3, 0.4) is 0 Å². The number of piperidine rings is 1. The number of halogens is 5. The summed E-state index contributed by atoms with van der Waals surface area (Å²) in [6.45, 7) is 0.397. The van der Waals surface area contributed by atoms with Crippen LogP contribution >= 0.6 is 0 Å². The monoisotopic (exact) mass is 527 g/mol. The summed E-state index contributed by atoms with van der Waals surface area (Å²) in [6.07, 6.45) is -0.0261. The van der Waals surface area contributed by atoms with E-state index in [2.05, 4.69) is 36.2 Å². The molecule has 4 aromatic rings. The first-order chi connectivity index (χ1) is 18.1. The summed E-state index contributed by atoms with van der Waals surface area (Å²) in [7, 11) is 1.66. The third-order valence-electron chi connectivity index (χ3n) is 6.30. The molecule has 194 valence electrons. The molecule has 0 spiro atoms. The first-order valence-corrected chi connectivity index (χ1v) is 11.3. The van der Waals surface area contributed by atoms with Crippen LogP contribution in [-0.2, 0) is 18.9 Å². The van der Waals surface area contributed by atoms with E-state index in [1.807, 2.05) is 0 Å². The Hall–Kier alpha value is -4.54. The average Bonchev–Trinajstić information content (AvgIpc) is 3.35. The van der Waals surface area contributed by atoms with Gasteiger partial charge >= 0.3 is 6.18 Å². The zero-order valence-corrected chi connectivity index (χ0v) is 19.8. The Labute approximate surface area is 212 Å². The molecule has 1 fully saturated rings. The van der Waals surface area contributed by atoms with Crippen molar-refractivity contribution in [1.82, 2.24) is 34.7 Å². The van der Waals surface area contributed by atoms with Gasteiger partial charge < -0.3 is 9.47 Å². The number of alkyl halides is 4. The Morgan fingerprint density at radius 2 is 1.71 bits per heavy atom.